The molecule has 0 heterocycles. The SMILES string of the molecule is CCCCOc1ccc(NC(=O)N(Cc2ccc(C(=O)NCCC(=O)O)cc2)c2ccc(C(F)(F)F)cc2)cc1. The number of nitrogens with one attached hydrogen (secondary N) is 2. The normalized spacial score (nSPS) is 11.0. The average Bonchev–Trinajstić information content (AvgIpc) is 2.92. The van der Waals surface area contributed by atoms with E-state index >= 15 is 0 Å². The van der Waals surface area contributed by atoms with Crippen LogP contribution in [0.4, 0.5) is 29.3 Å². The molecular formula is C29H30F3N3O5. The zero-order chi connectivity index (χ0) is 29.1. The number of hydrogen-bond donors (Lipinski definition) is 3. The summed E-state index contributed by atoms with van der Waals surface area (Å²) in [5.74, 6) is -0.834. The van der Waals surface area contributed by atoms with Gasteiger partial charge in [0, 0.05) is 23.5 Å². The lowest BCUT2D eigenvalue weighted by atomic mass is 10.1. The van der Waals surface area contributed by atoms with E-state index in [4.69, 9.17) is 9.84 Å². The van der Waals surface area contributed by atoms with Gasteiger partial charge in [0.2, 0.25) is 0 Å². The Labute approximate surface area is 229 Å². The summed E-state index contributed by atoms with van der Waals surface area (Å²) in [5.41, 5.74) is 0.768. The van der Waals surface area contributed by atoms with Gasteiger partial charge >= 0.3 is 18.2 Å². The number of carbonyl (C=O) groups is 3. The number of nitrogens with zero attached hydrogens (tertiary/aromatic N) is 1. The first-order valence-electron chi connectivity index (χ1n) is 12.6. The van der Waals surface area contributed by atoms with E-state index in [1.807, 2.05) is 0 Å². The van der Waals surface area contributed by atoms with E-state index in [1.54, 1.807) is 36.4 Å². The summed E-state index contributed by atoms with van der Waals surface area (Å²) in [4.78, 5) is 37.4. The predicted octanol–water partition coefficient (Wildman–Crippen LogP) is 6.33. The maximum atomic E-state index is 13.3. The van der Waals surface area contributed by atoms with E-state index in [9.17, 15) is 27.6 Å². The number of carboxylic acids is 1. The molecule has 0 saturated carbocycles. The Hall–Kier alpha value is -4.54. The molecule has 0 aliphatic rings. The minimum Gasteiger partial charge on any atom is -0.494 e. The van der Waals surface area contributed by atoms with Crippen molar-refractivity contribution < 1.29 is 37.4 Å². The zero-order valence-electron chi connectivity index (χ0n) is 21.8. The highest BCUT2D eigenvalue weighted by Crippen LogP contribution is 2.31. The quantitative estimate of drug-likeness (QED) is 0.226. The smallest absolute Gasteiger partial charge is 0.416 e. The summed E-state index contributed by atoms with van der Waals surface area (Å²) in [7, 11) is 0. The molecule has 11 heteroatoms. The maximum absolute atomic E-state index is 13.3. The molecule has 3 aromatic carbocycles. The number of amides is 3. The van der Waals surface area contributed by atoms with Crippen LogP contribution in [0.3, 0.4) is 0 Å². The number of carbonyl (C=O) groups excluding carboxylic acids is 2. The largest absolute Gasteiger partial charge is 0.494 e. The second-order valence-corrected chi connectivity index (χ2v) is 8.88. The zero-order valence-corrected chi connectivity index (χ0v) is 21.8. The summed E-state index contributed by atoms with van der Waals surface area (Å²) in [5, 5.41) is 14.0. The van der Waals surface area contributed by atoms with Crippen molar-refractivity contribution in [2.45, 2.75) is 38.9 Å². The second-order valence-electron chi connectivity index (χ2n) is 8.88. The lowest BCUT2D eigenvalue weighted by Crippen LogP contribution is -2.34. The minimum atomic E-state index is -4.52. The number of benzene rings is 3. The Balaban J connectivity index is 1.77. The Morgan fingerprint density at radius 2 is 1.57 bits per heavy atom. The van der Waals surface area contributed by atoms with Crippen molar-refractivity contribution >= 4 is 29.3 Å². The topological polar surface area (TPSA) is 108 Å². The summed E-state index contributed by atoms with van der Waals surface area (Å²) in [6.07, 6.45) is -2.82. The molecule has 3 rings (SSSR count). The third-order valence-corrected chi connectivity index (χ3v) is 5.80. The van der Waals surface area contributed by atoms with Crippen LogP contribution in [0.15, 0.2) is 72.8 Å². The Morgan fingerprint density at radius 3 is 2.15 bits per heavy atom. The van der Waals surface area contributed by atoms with Crippen molar-refractivity contribution in [2.75, 3.05) is 23.4 Å². The number of urea groups is 1. The Morgan fingerprint density at radius 1 is 0.925 bits per heavy atom. The van der Waals surface area contributed by atoms with Crippen LogP contribution < -0.4 is 20.3 Å². The van der Waals surface area contributed by atoms with Gasteiger partial charge in [0.15, 0.2) is 0 Å². The van der Waals surface area contributed by atoms with Gasteiger partial charge in [-0.15, -0.1) is 0 Å². The second kappa shape index (κ2) is 14.0. The van der Waals surface area contributed by atoms with Gasteiger partial charge < -0.3 is 20.5 Å². The molecule has 0 aliphatic heterocycles. The first-order chi connectivity index (χ1) is 19.1. The van der Waals surface area contributed by atoms with Crippen LogP contribution in [-0.2, 0) is 17.5 Å². The van der Waals surface area contributed by atoms with E-state index in [2.05, 4.69) is 17.6 Å². The fourth-order valence-corrected chi connectivity index (χ4v) is 3.60. The number of alkyl halides is 3. The molecular weight excluding hydrogens is 527 g/mol. The molecule has 3 N–H and O–H groups in total. The lowest BCUT2D eigenvalue weighted by molar-refractivity contribution is -0.138. The van der Waals surface area contributed by atoms with Crippen molar-refractivity contribution in [2.24, 2.45) is 0 Å². The monoisotopic (exact) mass is 557 g/mol. The van der Waals surface area contributed by atoms with Crippen molar-refractivity contribution in [3.05, 3.63) is 89.5 Å². The number of rotatable bonds is 12. The molecule has 212 valence electrons. The fraction of sp³-hybridized carbons (Fsp3) is 0.276. The minimum absolute atomic E-state index is 0.00365. The maximum Gasteiger partial charge on any atom is 0.416 e. The molecule has 0 atom stereocenters. The van der Waals surface area contributed by atoms with Gasteiger partial charge in [0.05, 0.1) is 25.1 Å². The van der Waals surface area contributed by atoms with Gasteiger partial charge in [-0.3, -0.25) is 14.5 Å². The summed E-state index contributed by atoms with van der Waals surface area (Å²) >= 11 is 0. The van der Waals surface area contributed by atoms with Gasteiger partial charge in [0.25, 0.3) is 5.91 Å². The van der Waals surface area contributed by atoms with Crippen molar-refractivity contribution in [1.29, 1.82) is 0 Å². The first-order valence-corrected chi connectivity index (χ1v) is 12.6. The van der Waals surface area contributed by atoms with Crippen LogP contribution >= 0.6 is 0 Å². The highest BCUT2D eigenvalue weighted by atomic mass is 19.4. The molecule has 0 fully saturated rings. The van der Waals surface area contributed by atoms with Crippen LogP contribution in [-0.4, -0.2) is 36.2 Å². The van der Waals surface area contributed by atoms with Crippen molar-refractivity contribution in [3.8, 4) is 5.75 Å². The number of aliphatic carboxylic acids is 1. The van der Waals surface area contributed by atoms with E-state index < -0.39 is 29.6 Å². The third kappa shape index (κ3) is 9.04. The van der Waals surface area contributed by atoms with Gasteiger partial charge in [-0.25, -0.2) is 4.79 Å². The number of ether oxygens (including phenoxy) is 1. The number of anilines is 2. The van der Waals surface area contributed by atoms with E-state index in [-0.39, 0.29) is 25.2 Å². The number of hydrogen-bond acceptors (Lipinski definition) is 4. The van der Waals surface area contributed by atoms with E-state index in [0.29, 0.717) is 29.2 Å². The summed E-state index contributed by atoms with van der Waals surface area (Å²) in [6.45, 7) is 2.60. The van der Waals surface area contributed by atoms with Crippen LogP contribution in [0.2, 0.25) is 0 Å². The summed E-state index contributed by atoms with van der Waals surface area (Å²) in [6, 6.07) is 16.7. The van der Waals surface area contributed by atoms with Crippen LogP contribution in [0, 0.1) is 0 Å². The average molecular weight is 558 g/mol. The van der Waals surface area contributed by atoms with E-state index in [0.717, 1.165) is 25.0 Å². The molecule has 0 unspecified atom stereocenters. The Kier molecular flexibility index (Phi) is 10.5. The van der Waals surface area contributed by atoms with Gasteiger partial charge in [-0.1, -0.05) is 25.5 Å². The van der Waals surface area contributed by atoms with Gasteiger partial charge in [-0.05, 0) is 72.6 Å². The van der Waals surface area contributed by atoms with Gasteiger partial charge in [-0.2, -0.15) is 13.2 Å². The highest BCUT2D eigenvalue weighted by Gasteiger charge is 2.30. The standard InChI is InChI=1S/C29H30F3N3O5/c1-2-3-18-40-25-14-10-23(11-15-25)34-28(39)35(24-12-8-22(9-13-24)29(30,31)32)19-20-4-6-21(7-5-20)27(38)33-17-16-26(36)37/h4-15H,2-3,16-19H2,1H3,(H,33,38)(H,34,39)(H,36,37). The first kappa shape index (κ1) is 30.0. The molecule has 0 aliphatic carbocycles. The Bertz CT molecular complexity index is 1280. The highest BCUT2D eigenvalue weighted by molar-refractivity contribution is 6.01. The number of unbranched alkanes of at least 4 members (excludes halogenated alkanes) is 1. The van der Waals surface area contributed by atoms with Crippen molar-refractivity contribution in [1.82, 2.24) is 5.32 Å². The molecule has 0 bridgehead atoms. The third-order valence-electron chi connectivity index (χ3n) is 5.80. The lowest BCUT2D eigenvalue weighted by Gasteiger charge is -2.24. The van der Waals surface area contributed by atoms with Crippen LogP contribution in [0.1, 0.15) is 47.7 Å². The molecule has 8 nitrogen and oxygen atoms in total. The van der Waals surface area contributed by atoms with Crippen molar-refractivity contribution in [3.63, 3.8) is 0 Å². The molecule has 3 aromatic rings. The molecule has 0 spiro atoms. The predicted molar refractivity (Wildman–Crippen MR) is 145 cm³/mol. The van der Waals surface area contributed by atoms with Gasteiger partial charge in [0.1, 0.15) is 5.75 Å². The molecule has 3 amide bonds. The fourth-order valence-electron chi connectivity index (χ4n) is 3.60. The molecule has 0 aromatic heterocycles. The molecule has 40 heavy (non-hydrogen) atoms. The summed E-state index contributed by atoms with van der Waals surface area (Å²) < 4.78 is 44.9. The molecule has 0 saturated heterocycles. The number of carboxylic acid groups (broad SMARTS) is 1. The van der Waals surface area contributed by atoms with E-state index in [1.165, 1.54) is 29.2 Å². The van der Waals surface area contributed by atoms with Crippen LogP contribution in [0.25, 0.3) is 0 Å². The van der Waals surface area contributed by atoms with Crippen LogP contribution in [0.5, 0.6) is 5.75 Å². The number of halogens is 3. The molecule has 0 radical (unpaired) electrons.